The maximum absolute atomic E-state index is 12.5. The third kappa shape index (κ3) is 3.30. The standard InChI is InChI=1S/C16H22ClNO/c1-12(2)13-6-8-14(9-7-13)16(19)18(11-10-17)15-4-3-5-15/h6-9,12,15H,3-5,10-11H2,1-2H3. The van der Waals surface area contributed by atoms with Gasteiger partial charge in [0.15, 0.2) is 0 Å². The number of halogens is 1. The molecule has 3 heteroatoms. The van der Waals surface area contributed by atoms with E-state index in [2.05, 4.69) is 26.0 Å². The molecule has 1 fully saturated rings. The van der Waals surface area contributed by atoms with Crippen molar-refractivity contribution in [3.05, 3.63) is 35.4 Å². The fourth-order valence-electron chi connectivity index (χ4n) is 2.42. The maximum atomic E-state index is 12.5. The number of alkyl halides is 1. The molecule has 1 amide bonds. The minimum atomic E-state index is 0.126. The molecule has 0 atom stereocenters. The van der Waals surface area contributed by atoms with Gasteiger partial charge in [0.25, 0.3) is 5.91 Å². The van der Waals surface area contributed by atoms with Gasteiger partial charge >= 0.3 is 0 Å². The molecule has 19 heavy (non-hydrogen) atoms. The molecule has 0 N–H and O–H groups in total. The zero-order valence-electron chi connectivity index (χ0n) is 11.7. The van der Waals surface area contributed by atoms with Crippen LogP contribution in [0.15, 0.2) is 24.3 Å². The maximum Gasteiger partial charge on any atom is 0.254 e. The summed E-state index contributed by atoms with van der Waals surface area (Å²) in [5, 5.41) is 0. The minimum Gasteiger partial charge on any atom is -0.334 e. The van der Waals surface area contributed by atoms with Gasteiger partial charge in [-0.2, -0.15) is 0 Å². The molecule has 1 aromatic carbocycles. The van der Waals surface area contributed by atoms with E-state index in [0.717, 1.165) is 18.4 Å². The van der Waals surface area contributed by atoms with Crippen LogP contribution in [0, 0.1) is 0 Å². The van der Waals surface area contributed by atoms with Crippen molar-refractivity contribution in [1.82, 2.24) is 4.90 Å². The number of amides is 1. The molecule has 0 bridgehead atoms. The highest BCUT2D eigenvalue weighted by atomic mass is 35.5. The smallest absolute Gasteiger partial charge is 0.254 e. The van der Waals surface area contributed by atoms with Crippen molar-refractivity contribution >= 4 is 17.5 Å². The van der Waals surface area contributed by atoms with Crippen LogP contribution >= 0.6 is 11.6 Å². The Hall–Kier alpha value is -1.02. The van der Waals surface area contributed by atoms with Crippen LogP contribution in [0.4, 0.5) is 0 Å². The number of hydrogen-bond donors (Lipinski definition) is 0. The molecule has 0 unspecified atom stereocenters. The van der Waals surface area contributed by atoms with Crippen LogP contribution in [0.5, 0.6) is 0 Å². The highest BCUT2D eigenvalue weighted by molar-refractivity contribution is 6.18. The highest BCUT2D eigenvalue weighted by Crippen LogP contribution is 2.26. The van der Waals surface area contributed by atoms with Crippen molar-refractivity contribution in [2.75, 3.05) is 12.4 Å². The zero-order chi connectivity index (χ0) is 13.8. The Balaban J connectivity index is 2.11. The van der Waals surface area contributed by atoms with Crippen molar-refractivity contribution in [2.24, 2.45) is 0 Å². The van der Waals surface area contributed by atoms with Gasteiger partial charge in [0.05, 0.1) is 0 Å². The predicted molar refractivity (Wildman–Crippen MR) is 79.9 cm³/mol. The molecule has 0 aromatic heterocycles. The van der Waals surface area contributed by atoms with Crippen LogP contribution in [0.25, 0.3) is 0 Å². The summed E-state index contributed by atoms with van der Waals surface area (Å²) in [5.74, 6) is 1.13. The number of nitrogens with zero attached hydrogens (tertiary/aromatic N) is 1. The molecule has 0 saturated heterocycles. The fourth-order valence-corrected chi connectivity index (χ4v) is 2.60. The fraction of sp³-hybridized carbons (Fsp3) is 0.562. The first-order chi connectivity index (χ1) is 9.13. The first-order valence-corrected chi connectivity index (χ1v) is 7.64. The Morgan fingerprint density at radius 2 is 1.95 bits per heavy atom. The van der Waals surface area contributed by atoms with E-state index < -0.39 is 0 Å². The third-order valence-corrected chi connectivity index (χ3v) is 4.10. The molecule has 0 heterocycles. The highest BCUT2D eigenvalue weighted by Gasteiger charge is 2.28. The third-order valence-electron chi connectivity index (χ3n) is 3.93. The van der Waals surface area contributed by atoms with Gasteiger partial charge in [0.2, 0.25) is 0 Å². The van der Waals surface area contributed by atoms with Crippen molar-refractivity contribution in [3.63, 3.8) is 0 Å². The normalized spacial score (nSPS) is 15.4. The molecular formula is C16H22ClNO. The van der Waals surface area contributed by atoms with Crippen molar-refractivity contribution < 1.29 is 4.79 Å². The topological polar surface area (TPSA) is 20.3 Å². The Bertz CT molecular complexity index is 423. The lowest BCUT2D eigenvalue weighted by Gasteiger charge is -2.37. The van der Waals surface area contributed by atoms with Gasteiger partial charge in [-0.1, -0.05) is 26.0 Å². The van der Waals surface area contributed by atoms with E-state index in [9.17, 15) is 4.79 Å². The van der Waals surface area contributed by atoms with Crippen LogP contribution in [0.2, 0.25) is 0 Å². The lowest BCUT2D eigenvalue weighted by Crippen LogP contribution is -2.45. The number of carbonyl (C=O) groups excluding carboxylic acids is 1. The van der Waals surface area contributed by atoms with E-state index in [1.807, 2.05) is 17.0 Å². The lowest BCUT2D eigenvalue weighted by atomic mass is 9.91. The monoisotopic (exact) mass is 279 g/mol. The Morgan fingerprint density at radius 1 is 1.32 bits per heavy atom. The van der Waals surface area contributed by atoms with E-state index in [0.29, 0.717) is 24.4 Å². The number of carbonyl (C=O) groups is 1. The molecule has 1 saturated carbocycles. The molecule has 0 radical (unpaired) electrons. The quantitative estimate of drug-likeness (QED) is 0.745. The average Bonchev–Trinajstić information content (AvgIpc) is 2.35. The number of benzene rings is 1. The summed E-state index contributed by atoms with van der Waals surface area (Å²) in [4.78, 5) is 14.5. The van der Waals surface area contributed by atoms with Crippen LogP contribution in [-0.4, -0.2) is 29.3 Å². The summed E-state index contributed by atoms with van der Waals surface area (Å²) in [6.45, 7) is 4.97. The van der Waals surface area contributed by atoms with Crippen LogP contribution in [0.1, 0.15) is 54.9 Å². The van der Waals surface area contributed by atoms with Gasteiger partial charge in [-0.15, -0.1) is 11.6 Å². The second-order valence-corrected chi connectivity index (χ2v) is 5.93. The summed E-state index contributed by atoms with van der Waals surface area (Å²) < 4.78 is 0. The molecule has 1 aromatic rings. The first kappa shape index (κ1) is 14.4. The van der Waals surface area contributed by atoms with Gasteiger partial charge in [-0.05, 0) is 42.9 Å². The summed E-state index contributed by atoms with van der Waals surface area (Å²) in [6.07, 6.45) is 3.46. The summed E-state index contributed by atoms with van der Waals surface area (Å²) >= 11 is 5.83. The number of rotatable bonds is 5. The summed E-state index contributed by atoms with van der Waals surface area (Å²) in [7, 11) is 0. The van der Waals surface area contributed by atoms with Crippen molar-refractivity contribution in [3.8, 4) is 0 Å². The van der Waals surface area contributed by atoms with Crippen LogP contribution < -0.4 is 0 Å². The van der Waals surface area contributed by atoms with E-state index in [-0.39, 0.29) is 5.91 Å². The second-order valence-electron chi connectivity index (χ2n) is 5.55. The largest absolute Gasteiger partial charge is 0.334 e. The molecule has 1 aliphatic carbocycles. The molecule has 1 aliphatic rings. The van der Waals surface area contributed by atoms with E-state index >= 15 is 0 Å². The van der Waals surface area contributed by atoms with Gasteiger partial charge in [0.1, 0.15) is 0 Å². The second kappa shape index (κ2) is 6.42. The van der Waals surface area contributed by atoms with Crippen LogP contribution in [0.3, 0.4) is 0 Å². The Labute approximate surface area is 120 Å². The molecule has 0 spiro atoms. The van der Waals surface area contributed by atoms with E-state index in [1.54, 1.807) is 0 Å². The van der Waals surface area contributed by atoms with Gasteiger partial charge < -0.3 is 4.90 Å². The molecular weight excluding hydrogens is 258 g/mol. The van der Waals surface area contributed by atoms with Crippen molar-refractivity contribution in [2.45, 2.75) is 45.1 Å². The van der Waals surface area contributed by atoms with E-state index in [1.165, 1.54) is 12.0 Å². The molecule has 2 rings (SSSR count). The Morgan fingerprint density at radius 3 is 2.37 bits per heavy atom. The van der Waals surface area contributed by atoms with Crippen LogP contribution in [-0.2, 0) is 0 Å². The van der Waals surface area contributed by atoms with E-state index in [4.69, 9.17) is 11.6 Å². The number of hydrogen-bond acceptors (Lipinski definition) is 1. The van der Waals surface area contributed by atoms with Gasteiger partial charge in [0, 0.05) is 24.0 Å². The summed E-state index contributed by atoms with van der Waals surface area (Å²) in [5.41, 5.74) is 2.05. The van der Waals surface area contributed by atoms with Crippen molar-refractivity contribution in [1.29, 1.82) is 0 Å². The minimum absolute atomic E-state index is 0.126. The molecule has 2 nitrogen and oxygen atoms in total. The van der Waals surface area contributed by atoms with Gasteiger partial charge in [-0.3, -0.25) is 4.79 Å². The first-order valence-electron chi connectivity index (χ1n) is 7.10. The molecule has 104 valence electrons. The average molecular weight is 280 g/mol. The molecule has 0 aliphatic heterocycles. The summed E-state index contributed by atoms with van der Waals surface area (Å²) in [6, 6.07) is 8.39. The lowest BCUT2D eigenvalue weighted by molar-refractivity contribution is 0.0598. The van der Waals surface area contributed by atoms with Gasteiger partial charge in [-0.25, -0.2) is 0 Å². The Kier molecular flexibility index (Phi) is 4.87. The SMILES string of the molecule is CC(C)c1ccc(C(=O)N(CCCl)C2CCC2)cc1. The zero-order valence-corrected chi connectivity index (χ0v) is 12.5. The predicted octanol–water partition coefficient (Wildman–Crippen LogP) is 4.04.